The zero-order valence-corrected chi connectivity index (χ0v) is 12.5. The highest BCUT2D eigenvalue weighted by Gasteiger charge is 2.26. The fourth-order valence-corrected chi connectivity index (χ4v) is 2.74. The number of likely N-dealkylation sites (tertiary alicyclic amines) is 1. The number of hydrogen-bond donors (Lipinski definition) is 0. The highest BCUT2D eigenvalue weighted by Crippen LogP contribution is 2.26. The van der Waals surface area contributed by atoms with Gasteiger partial charge in [0, 0.05) is 20.0 Å². The number of amides is 1. The number of carbonyl (C=O) groups excluding carboxylic acids is 1. The van der Waals surface area contributed by atoms with Crippen LogP contribution >= 0.6 is 0 Å². The van der Waals surface area contributed by atoms with Crippen LogP contribution in [0.15, 0.2) is 28.7 Å². The number of nitrogens with zero attached hydrogens (tertiary/aromatic N) is 3. The molecule has 2 heterocycles. The molecule has 2 aromatic rings. The number of rotatable bonds is 3. The van der Waals surface area contributed by atoms with E-state index < -0.39 is 0 Å². The van der Waals surface area contributed by atoms with Crippen molar-refractivity contribution in [2.75, 3.05) is 13.1 Å². The molecule has 0 N–H and O–H groups in total. The summed E-state index contributed by atoms with van der Waals surface area (Å²) in [6.45, 7) is 3.01. The van der Waals surface area contributed by atoms with Crippen LogP contribution in [0, 0.1) is 5.82 Å². The fraction of sp³-hybridized carbons (Fsp3) is 0.438. The number of aromatic nitrogens is 2. The quantitative estimate of drug-likeness (QED) is 0.874. The van der Waals surface area contributed by atoms with E-state index in [2.05, 4.69) is 10.2 Å². The van der Waals surface area contributed by atoms with E-state index >= 15 is 0 Å². The summed E-state index contributed by atoms with van der Waals surface area (Å²) in [6.07, 6.45) is 2.37. The third kappa shape index (κ3) is 3.32. The highest BCUT2D eigenvalue weighted by atomic mass is 19.1. The molecule has 1 aliphatic rings. The van der Waals surface area contributed by atoms with Crippen LogP contribution in [0.3, 0.4) is 0 Å². The molecule has 116 valence electrons. The van der Waals surface area contributed by atoms with Gasteiger partial charge < -0.3 is 9.32 Å². The number of piperidine rings is 1. The van der Waals surface area contributed by atoms with Gasteiger partial charge in [0.25, 0.3) is 0 Å². The summed E-state index contributed by atoms with van der Waals surface area (Å²) in [4.78, 5) is 13.3. The Morgan fingerprint density at radius 1 is 1.36 bits per heavy atom. The van der Waals surface area contributed by atoms with Gasteiger partial charge in [0.15, 0.2) is 0 Å². The normalized spacial score (nSPS) is 18.5. The first kappa shape index (κ1) is 14.7. The van der Waals surface area contributed by atoms with Gasteiger partial charge >= 0.3 is 0 Å². The lowest BCUT2D eigenvalue weighted by molar-refractivity contribution is -0.130. The SMILES string of the molecule is CC(=O)N1CCCC(c2nnc(Cc3ccc(F)cc3)o2)C1. The first-order chi connectivity index (χ1) is 10.6. The Hall–Kier alpha value is -2.24. The Morgan fingerprint density at radius 3 is 2.86 bits per heavy atom. The highest BCUT2D eigenvalue weighted by molar-refractivity contribution is 5.73. The topological polar surface area (TPSA) is 59.2 Å². The van der Waals surface area contributed by atoms with Crippen molar-refractivity contribution < 1.29 is 13.6 Å². The zero-order chi connectivity index (χ0) is 15.5. The average Bonchev–Trinajstić information content (AvgIpc) is 2.98. The summed E-state index contributed by atoms with van der Waals surface area (Å²) in [7, 11) is 0. The van der Waals surface area contributed by atoms with Crippen molar-refractivity contribution in [2.24, 2.45) is 0 Å². The lowest BCUT2D eigenvalue weighted by Gasteiger charge is -2.30. The van der Waals surface area contributed by atoms with Crippen LogP contribution in [-0.2, 0) is 11.2 Å². The molecule has 0 bridgehead atoms. The molecule has 1 unspecified atom stereocenters. The van der Waals surface area contributed by atoms with E-state index in [0.717, 1.165) is 24.9 Å². The Morgan fingerprint density at radius 2 is 2.14 bits per heavy atom. The summed E-state index contributed by atoms with van der Waals surface area (Å²) in [6, 6.07) is 6.24. The molecule has 1 amide bonds. The van der Waals surface area contributed by atoms with Crippen LogP contribution in [0.5, 0.6) is 0 Å². The van der Waals surface area contributed by atoms with Crippen molar-refractivity contribution >= 4 is 5.91 Å². The van der Waals surface area contributed by atoms with Gasteiger partial charge in [-0.15, -0.1) is 10.2 Å². The Bertz CT molecular complexity index is 654. The van der Waals surface area contributed by atoms with Gasteiger partial charge in [-0.3, -0.25) is 4.79 Å². The molecule has 3 rings (SSSR count). The molecule has 1 saturated heterocycles. The molecule has 0 spiro atoms. The lowest BCUT2D eigenvalue weighted by Crippen LogP contribution is -2.37. The summed E-state index contributed by atoms with van der Waals surface area (Å²) < 4.78 is 18.6. The molecule has 0 saturated carbocycles. The van der Waals surface area contributed by atoms with Gasteiger partial charge in [-0.1, -0.05) is 12.1 Å². The predicted molar refractivity (Wildman–Crippen MR) is 77.7 cm³/mol. The Labute approximate surface area is 128 Å². The van der Waals surface area contributed by atoms with Crippen molar-refractivity contribution in [3.8, 4) is 0 Å². The number of halogens is 1. The van der Waals surface area contributed by atoms with Crippen LogP contribution in [0.1, 0.15) is 43.0 Å². The second-order valence-electron chi connectivity index (χ2n) is 5.64. The van der Waals surface area contributed by atoms with Crippen LogP contribution in [0.4, 0.5) is 4.39 Å². The van der Waals surface area contributed by atoms with Gasteiger partial charge in [-0.25, -0.2) is 4.39 Å². The fourth-order valence-electron chi connectivity index (χ4n) is 2.74. The molecule has 1 fully saturated rings. The second kappa shape index (κ2) is 6.25. The maximum absolute atomic E-state index is 12.9. The number of carbonyl (C=O) groups is 1. The molecule has 0 aliphatic carbocycles. The molecule has 0 radical (unpaired) electrons. The van der Waals surface area contributed by atoms with E-state index in [-0.39, 0.29) is 17.6 Å². The maximum Gasteiger partial charge on any atom is 0.221 e. The zero-order valence-electron chi connectivity index (χ0n) is 12.5. The second-order valence-corrected chi connectivity index (χ2v) is 5.64. The minimum Gasteiger partial charge on any atom is -0.425 e. The van der Waals surface area contributed by atoms with Crippen molar-refractivity contribution in [3.63, 3.8) is 0 Å². The average molecular weight is 303 g/mol. The van der Waals surface area contributed by atoms with Crippen molar-refractivity contribution in [3.05, 3.63) is 47.4 Å². The Balaban J connectivity index is 1.68. The molecule has 1 aromatic carbocycles. The van der Waals surface area contributed by atoms with Crippen LogP contribution in [0.25, 0.3) is 0 Å². The van der Waals surface area contributed by atoms with Crippen LogP contribution in [0.2, 0.25) is 0 Å². The molecular weight excluding hydrogens is 285 g/mol. The minimum absolute atomic E-state index is 0.0794. The molecule has 5 nitrogen and oxygen atoms in total. The van der Waals surface area contributed by atoms with E-state index in [0.29, 0.717) is 24.7 Å². The number of benzene rings is 1. The minimum atomic E-state index is -0.263. The molecular formula is C16H18FN3O2. The summed E-state index contributed by atoms with van der Waals surface area (Å²) in [5, 5.41) is 8.18. The van der Waals surface area contributed by atoms with E-state index in [9.17, 15) is 9.18 Å². The Kier molecular flexibility index (Phi) is 4.18. The van der Waals surface area contributed by atoms with Crippen molar-refractivity contribution in [1.29, 1.82) is 0 Å². The summed E-state index contributed by atoms with van der Waals surface area (Å²) in [5.74, 6) is 1.02. The standard InChI is InChI=1S/C16H18FN3O2/c1-11(21)20-8-2-3-13(10-20)16-19-18-15(22-16)9-12-4-6-14(17)7-5-12/h4-7,13H,2-3,8-10H2,1H3. The monoisotopic (exact) mass is 303 g/mol. The molecule has 1 aromatic heterocycles. The third-order valence-electron chi connectivity index (χ3n) is 3.97. The van der Waals surface area contributed by atoms with Gasteiger partial charge in [0.1, 0.15) is 5.82 Å². The predicted octanol–water partition coefficient (Wildman–Crippen LogP) is 2.53. The van der Waals surface area contributed by atoms with E-state index in [1.165, 1.54) is 12.1 Å². The van der Waals surface area contributed by atoms with E-state index in [4.69, 9.17) is 4.42 Å². The largest absolute Gasteiger partial charge is 0.425 e. The molecule has 1 aliphatic heterocycles. The first-order valence-electron chi connectivity index (χ1n) is 7.44. The molecule has 6 heteroatoms. The summed E-state index contributed by atoms with van der Waals surface area (Å²) >= 11 is 0. The first-order valence-corrected chi connectivity index (χ1v) is 7.44. The van der Waals surface area contributed by atoms with Crippen LogP contribution < -0.4 is 0 Å². The smallest absolute Gasteiger partial charge is 0.221 e. The van der Waals surface area contributed by atoms with Gasteiger partial charge in [-0.05, 0) is 30.5 Å². The van der Waals surface area contributed by atoms with Gasteiger partial charge in [0.2, 0.25) is 17.7 Å². The molecule has 1 atom stereocenters. The van der Waals surface area contributed by atoms with E-state index in [1.807, 2.05) is 4.90 Å². The van der Waals surface area contributed by atoms with Crippen molar-refractivity contribution in [1.82, 2.24) is 15.1 Å². The number of hydrogen-bond acceptors (Lipinski definition) is 4. The third-order valence-corrected chi connectivity index (χ3v) is 3.97. The molecule has 22 heavy (non-hydrogen) atoms. The van der Waals surface area contributed by atoms with Crippen molar-refractivity contribution in [2.45, 2.75) is 32.1 Å². The van der Waals surface area contributed by atoms with Gasteiger partial charge in [-0.2, -0.15) is 0 Å². The lowest BCUT2D eigenvalue weighted by atomic mass is 9.98. The maximum atomic E-state index is 12.9. The van der Waals surface area contributed by atoms with Gasteiger partial charge in [0.05, 0.1) is 12.3 Å². The van der Waals surface area contributed by atoms with Crippen LogP contribution in [-0.4, -0.2) is 34.1 Å². The van der Waals surface area contributed by atoms with E-state index in [1.54, 1.807) is 19.1 Å². The summed E-state index contributed by atoms with van der Waals surface area (Å²) in [5.41, 5.74) is 0.922.